The lowest BCUT2D eigenvalue weighted by atomic mass is 10.1. The second-order valence-corrected chi connectivity index (χ2v) is 3.98. The third-order valence-corrected chi connectivity index (χ3v) is 2.78. The molecular weight excluding hydrogens is 210 g/mol. The van der Waals surface area contributed by atoms with E-state index < -0.39 is 0 Å². The van der Waals surface area contributed by atoms with Crippen molar-refractivity contribution in [3.63, 3.8) is 0 Å². The molecule has 0 atom stereocenters. The van der Waals surface area contributed by atoms with Crippen molar-refractivity contribution in [1.29, 1.82) is 0 Å². The molecule has 0 unspecified atom stereocenters. The molecule has 0 amide bonds. The molecule has 1 aliphatic rings. The fourth-order valence-corrected chi connectivity index (χ4v) is 1.86. The molecule has 1 rings (SSSR count). The molecule has 3 nitrogen and oxygen atoms in total. The van der Waals surface area contributed by atoms with Gasteiger partial charge in [-0.2, -0.15) is 0 Å². The van der Waals surface area contributed by atoms with Gasteiger partial charge in [0.15, 0.2) is 0 Å². The van der Waals surface area contributed by atoms with Crippen LogP contribution in [-0.4, -0.2) is 48.6 Å². The number of hydrogen-bond acceptors (Lipinski definition) is 4. The molecule has 1 aliphatic heterocycles. The van der Waals surface area contributed by atoms with Gasteiger partial charge in [-0.25, -0.2) is 0 Å². The van der Waals surface area contributed by atoms with E-state index in [0.717, 1.165) is 45.5 Å². The zero-order valence-corrected chi connectivity index (χ0v) is 11.1. The fraction of sp³-hybridized carbons (Fsp3) is 1.00. The smallest absolute Gasteiger partial charge is 0.0625 e. The Labute approximate surface area is 98.4 Å². The van der Waals surface area contributed by atoms with Crippen molar-refractivity contribution in [2.45, 2.75) is 39.2 Å². The standard InChI is InChI=1S/C9H19NO2S.C2H6/c1-13-12-8-2-5-10-6-3-9(11)4-7-10;1-2/h9,11H,2-8H2,1H3;1-2H3. The predicted octanol–water partition coefficient (Wildman–Crippen LogP) is 2.15. The van der Waals surface area contributed by atoms with Crippen LogP contribution in [0, 0.1) is 0 Å². The maximum atomic E-state index is 9.28. The van der Waals surface area contributed by atoms with Crippen LogP contribution in [0.3, 0.4) is 0 Å². The molecule has 1 heterocycles. The van der Waals surface area contributed by atoms with Gasteiger partial charge in [0.25, 0.3) is 0 Å². The van der Waals surface area contributed by atoms with Crippen molar-refractivity contribution < 1.29 is 9.29 Å². The maximum Gasteiger partial charge on any atom is 0.0625 e. The highest BCUT2D eigenvalue weighted by atomic mass is 32.2. The summed E-state index contributed by atoms with van der Waals surface area (Å²) in [6, 6.07) is 0. The van der Waals surface area contributed by atoms with Crippen LogP contribution in [0.25, 0.3) is 0 Å². The third kappa shape index (κ3) is 8.08. The summed E-state index contributed by atoms with van der Waals surface area (Å²) in [4.78, 5) is 2.40. The zero-order chi connectivity index (χ0) is 11.5. The highest BCUT2D eigenvalue weighted by Gasteiger charge is 2.15. The van der Waals surface area contributed by atoms with E-state index in [1.807, 2.05) is 20.1 Å². The largest absolute Gasteiger partial charge is 0.393 e. The first-order valence-electron chi connectivity index (χ1n) is 5.89. The van der Waals surface area contributed by atoms with Crippen molar-refractivity contribution in [3.05, 3.63) is 0 Å². The molecule has 15 heavy (non-hydrogen) atoms. The second-order valence-electron chi connectivity index (χ2n) is 3.42. The Bertz CT molecular complexity index is 128. The molecule has 1 N–H and O–H groups in total. The van der Waals surface area contributed by atoms with Gasteiger partial charge in [-0.1, -0.05) is 13.8 Å². The second kappa shape index (κ2) is 10.7. The summed E-state index contributed by atoms with van der Waals surface area (Å²) in [7, 11) is 0. The van der Waals surface area contributed by atoms with Crippen molar-refractivity contribution in [2.24, 2.45) is 0 Å². The monoisotopic (exact) mass is 235 g/mol. The van der Waals surface area contributed by atoms with Crippen molar-refractivity contribution >= 4 is 12.0 Å². The van der Waals surface area contributed by atoms with E-state index in [1.54, 1.807) is 0 Å². The minimum Gasteiger partial charge on any atom is -0.393 e. The quantitative estimate of drug-likeness (QED) is 0.585. The minimum absolute atomic E-state index is 0.0568. The maximum absolute atomic E-state index is 9.28. The number of nitrogens with zero attached hydrogens (tertiary/aromatic N) is 1. The molecule has 0 aromatic rings. The molecule has 1 fully saturated rings. The van der Waals surface area contributed by atoms with Crippen LogP contribution in [0.15, 0.2) is 0 Å². The first-order valence-corrected chi connectivity index (χ1v) is 7.04. The van der Waals surface area contributed by atoms with Crippen LogP contribution in [0.5, 0.6) is 0 Å². The normalized spacial score (nSPS) is 18.4. The Balaban J connectivity index is 0.000000921. The van der Waals surface area contributed by atoms with Gasteiger partial charge in [-0.3, -0.25) is 0 Å². The Morgan fingerprint density at radius 2 is 1.93 bits per heavy atom. The van der Waals surface area contributed by atoms with Crippen LogP contribution in [0.2, 0.25) is 0 Å². The van der Waals surface area contributed by atoms with Crippen LogP contribution in [0.1, 0.15) is 33.1 Å². The lowest BCUT2D eigenvalue weighted by Crippen LogP contribution is -2.36. The fourth-order valence-electron chi connectivity index (χ4n) is 1.57. The van der Waals surface area contributed by atoms with Gasteiger partial charge in [0.05, 0.1) is 12.7 Å². The first kappa shape index (κ1) is 15.2. The van der Waals surface area contributed by atoms with E-state index in [0.29, 0.717) is 0 Å². The summed E-state index contributed by atoms with van der Waals surface area (Å²) in [6.07, 6.45) is 4.85. The van der Waals surface area contributed by atoms with Crippen molar-refractivity contribution in [1.82, 2.24) is 4.90 Å². The Hall–Kier alpha value is 0.230. The molecule has 0 aromatic heterocycles. The Morgan fingerprint density at radius 1 is 1.33 bits per heavy atom. The average Bonchev–Trinajstić information content (AvgIpc) is 2.30. The van der Waals surface area contributed by atoms with E-state index in [9.17, 15) is 5.11 Å². The van der Waals surface area contributed by atoms with Crippen molar-refractivity contribution in [3.8, 4) is 0 Å². The van der Waals surface area contributed by atoms with Gasteiger partial charge in [-0.15, -0.1) is 0 Å². The Morgan fingerprint density at radius 3 is 2.47 bits per heavy atom. The van der Waals surface area contributed by atoms with Crippen LogP contribution >= 0.6 is 12.0 Å². The van der Waals surface area contributed by atoms with Crippen LogP contribution in [0.4, 0.5) is 0 Å². The van der Waals surface area contributed by atoms with E-state index in [4.69, 9.17) is 4.18 Å². The lowest BCUT2D eigenvalue weighted by Gasteiger charge is -2.29. The van der Waals surface area contributed by atoms with Gasteiger partial charge in [-0.05, 0) is 31.3 Å². The van der Waals surface area contributed by atoms with Gasteiger partial charge in [0.2, 0.25) is 0 Å². The topological polar surface area (TPSA) is 32.7 Å². The highest BCUT2D eigenvalue weighted by molar-refractivity contribution is 7.93. The summed E-state index contributed by atoms with van der Waals surface area (Å²) in [5.74, 6) is 0. The molecular formula is C11H25NO2S. The average molecular weight is 235 g/mol. The van der Waals surface area contributed by atoms with Crippen LogP contribution < -0.4 is 0 Å². The summed E-state index contributed by atoms with van der Waals surface area (Å²) in [5, 5.41) is 9.28. The summed E-state index contributed by atoms with van der Waals surface area (Å²) in [5.41, 5.74) is 0. The van der Waals surface area contributed by atoms with Crippen LogP contribution in [-0.2, 0) is 4.18 Å². The Kier molecular flexibility index (Phi) is 10.9. The van der Waals surface area contributed by atoms with Gasteiger partial charge in [0.1, 0.15) is 0 Å². The number of hydrogen-bond donors (Lipinski definition) is 1. The van der Waals surface area contributed by atoms with Crippen molar-refractivity contribution in [2.75, 3.05) is 32.5 Å². The number of piperidine rings is 1. The summed E-state index contributed by atoms with van der Waals surface area (Å²) < 4.78 is 5.19. The molecule has 0 radical (unpaired) electrons. The molecule has 0 bridgehead atoms. The first-order chi connectivity index (χ1) is 7.33. The molecule has 0 aromatic carbocycles. The van der Waals surface area contributed by atoms with E-state index in [-0.39, 0.29) is 6.10 Å². The molecule has 92 valence electrons. The van der Waals surface area contributed by atoms with E-state index >= 15 is 0 Å². The number of likely N-dealkylation sites (tertiary alicyclic amines) is 1. The SMILES string of the molecule is CC.CSOCCCN1CCC(O)CC1. The summed E-state index contributed by atoms with van der Waals surface area (Å²) in [6.45, 7) is 8.02. The molecule has 1 saturated heterocycles. The molecule has 0 aliphatic carbocycles. The summed E-state index contributed by atoms with van der Waals surface area (Å²) >= 11 is 1.43. The number of aliphatic hydroxyl groups is 1. The van der Waals surface area contributed by atoms with Gasteiger partial charge in [0, 0.05) is 25.9 Å². The zero-order valence-electron chi connectivity index (χ0n) is 10.2. The molecule has 4 heteroatoms. The highest BCUT2D eigenvalue weighted by Crippen LogP contribution is 2.10. The number of aliphatic hydroxyl groups excluding tert-OH is 1. The number of rotatable bonds is 5. The third-order valence-electron chi connectivity index (χ3n) is 2.38. The molecule has 0 spiro atoms. The van der Waals surface area contributed by atoms with E-state index in [1.165, 1.54) is 12.0 Å². The molecule has 0 saturated carbocycles. The minimum atomic E-state index is -0.0568. The van der Waals surface area contributed by atoms with Gasteiger partial charge < -0.3 is 14.2 Å². The van der Waals surface area contributed by atoms with E-state index in [2.05, 4.69) is 4.90 Å². The predicted molar refractivity (Wildman–Crippen MR) is 67.1 cm³/mol. The van der Waals surface area contributed by atoms with Gasteiger partial charge >= 0.3 is 0 Å². The lowest BCUT2D eigenvalue weighted by molar-refractivity contribution is 0.0805.